The van der Waals surface area contributed by atoms with Crippen LogP contribution in [0.25, 0.3) is 42.4 Å². The summed E-state index contributed by atoms with van der Waals surface area (Å²) in [6, 6.07) is 54.4. The maximum absolute atomic E-state index is 7.75. The van der Waals surface area contributed by atoms with E-state index < -0.39 is 0 Å². The van der Waals surface area contributed by atoms with Gasteiger partial charge < -0.3 is 14.4 Å². The Hall–Kier alpha value is -4.74. The first-order valence-electron chi connectivity index (χ1n) is 28.1. The van der Waals surface area contributed by atoms with E-state index in [1.165, 1.54) is 150 Å². The highest BCUT2D eigenvalue weighted by molar-refractivity contribution is 7.26. The zero-order valence-electron chi connectivity index (χ0n) is 41.1. The molecule has 13 atom stereocenters. The lowest BCUT2D eigenvalue weighted by Gasteiger charge is -2.61. The summed E-state index contributed by atoms with van der Waals surface area (Å²) in [4.78, 5) is 2.45. The minimum atomic E-state index is 0.199. The average molecular weight is 942 g/mol. The lowest BCUT2D eigenvalue weighted by atomic mass is 9.47. The molecule has 3 nitrogen and oxygen atoms in total. The second-order valence-electron chi connectivity index (χ2n) is 23.2. The van der Waals surface area contributed by atoms with Gasteiger partial charge in [0.2, 0.25) is 0 Å². The molecule has 1 saturated heterocycles. The maximum Gasteiger partial charge on any atom is 0.0875 e. The minimum absolute atomic E-state index is 0.199. The van der Waals surface area contributed by atoms with Crippen LogP contribution in [-0.2, 0) is 9.47 Å². The van der Waals surface area contributed by atoms with Gasteiger partial charge >= 0.3 is 0 Å². The molecule has 0 spiro atoms. The molecule has 4 heteroatoms. The zero-order chi connectivity index (χ0) is 46.1. The third kappa shape index (κ3) is 7.80. The molecule has 7 aromatic rings. The van der Waals surface area contributed by atoms with Gasteiger partial charge in [-0.25, -0.2) is 0 Å². The monoisotopic (exact) mass is 942 g/mol. The molecule has 6 saturated carbocycles. The van der Waals surface area contributed by atoms with Crippen molar-refractivity contribution in [2.24, 2.45) is 47.3 Å². The Morgan fingerprint density at radius 2 is 0.986 bits per heavy atom. The molecule has 358 valence electrons. The van der Waals surface area contributed by atoms with Crippen LogP contribution in [0, 0.1) is 47.3 Å². The van der Waals surface area contributed by atoms with Gasteiger partial charge in [0.15, 0.2) is 0 Å². The van der Waals surface area contributed by atoms with Gasteiger partial charge in [-0.2, -0.15) is 0 Å². The van der Waals surface area contributed by atoms with Crippen molar-refractivity contribution in [1.29, 1.82) is 0 Å². The van der Waals surface area contributed by atoms with Gasteiger partial charge in [-0.15, -0.1) is 11.3 Å². The summed E-state index contributed by atoms with van der Waals surface area (Å²) in [7, 11) is 0. The molecule has 0 radical (unpaired) electrons. The topological polar surface area (TPSA) is 21.7 Å². The molecular formula is C66H71NO2S. The molecule has 13 unspecified atom stereocenters. The standard InChI is InChI=1S/C66H71NO2S/c1-2-14-42(15-3-1)45-16-12-17-49(40-45)67(48-35-30-44(31-36-48)50-25-13-26-59-56-23-10-11-27-63(56)70-66(50)59)47-33-28-43(29-34-47)46-32-38-60-62(41-46)69-65-61(68-60)39-37-58-55-22-7-6-20-53(55)51-18-4-5-19-52(51)54-21-8-9-24-57(54)64(58)65/h1-3,10-17,23,25-31,33-36,40,46,51-55,57-58,60-62,64-65H,4-9,18-22,24,32,37-39,41H2. The second-order valence-corrected chi connectivity index (χ2v) is 24.2. The smallest absolute Gasteiger partial charge is 0.0875 e. The number of benzene rings is 6. The normalized spacial score (nSPS) is 32.8. The summed E-state index contributed by atoms with van der Waals surface area (Å²) in [5, 5.41) is 2.68. The van der Waals surface area contributed by atoms with Crippen LogP contribution in [0.4, 0.5) is 17.1 Å². The van der Waals surface area contributed by atoms with Gasteiger partial charge in [0, 0.05) is 37.2 Å². The Balaban J connectivity index is 0.754. The molecule has 0 N–H and O–H groups in total. The third-order valence-electron chi connectivity index (χ3n) is 19.9. The Kier molecular flexibility index (Phi) is 11.8. The predicted octanol–water partition coefficient (Wildman–Crippen LogP) is 18.1. The van der Waals surface area contributed by atoms with E-state index in [0.717, 1.165) is 65.6 Å². The van der Waals surface area contributed by atoms with Crippen LogP contribution in [-0.4, -0.2) is 24.4 Å². The van der Waals surface area contributed by atoms with Crippen molar-refractivity contribution in [2.45, 2.75) is 139 Å². The maximum atomic E-state index is 7.75. The van der Waals surface area contributed by atoms with Gasteiger partial charge in [-0.3, -0.25) is 0 Å². The largest absolute Gasteiger partial charge is 0.370 e. The first-order valence-corrected chi connectivity index (χ1v) is 28.9. The molecule has 6 aliphatic carbocycles. The van der Waals surface area contributed by atoms with E-state index in [2.05, 4.69) is 150 Å². The molecule has 7 aliphatic rings. The zero-order valence-corrected chi connectivity index (χ0v) is 41.9. The summed E-state index contributed by atoms with van der Waals surface area (Å²) in [5.41, 5.74) is 9.95. The first-order chi connectivity index (χ1) is 34.7. The number of rotatable bonds is 6. The molecule has 6 aromatic carbocycles. The highest BCUT2D eigenvalue weighted by Crippen LogP contribution is 2.61. The molecule has 1 aromatic heterocycles. The van der Waals surface area contributed by atoms with Crippen molar-refractivity contribution in [3.8, 4) is 22.3 Å². The fraction of sp³-hybridized carbons (Fsp3) is 0.455. The number of hydrogen-bond donors (Lipinski definition) is 0. The van der Waals surface area contributed by atoms with Crippen LogP contribution in [0.1, 0.15) is 121 Å². The van der Waals surface area contributed by atoms with Crippen molar-refractivity contribution in [2.75, 3.05) is 4.90 Å². The van der Waals surface area contributed by atoms with Gasteiger partial charge in [0.25, 0.3) is 0 Å². The summed E-state index contributed by atoms with van der Waals surface area (Å²) >= 11 is 1.90. The Morgan fingerprint density at radius 1 is 0.400 bits per heavy atom. The number of anilines is 3. The van der Waals surface area contributed by atoms with E-state index in [4.69, 9.17) is 9.47 Å². The molecule has 2 heterocycles. The van der Waals surface area contributed by atoms with Crippen LogP contribution in [0.15, 0.2) is 146 Å². The highest BCUT2D eigenvalue weighted by atomic mass is 32.1. The number of nitrogens with zero attached hydrogens (tertiary/aromatic N) is 1. The van der Waals surface area contributed by atoms with Crippen LogP contribution in [0.2, 0.25) is 0 Å². The van der Waals surface area contributed by atoms with Gasteiger partial charge in [0.1, 0.15) is 0 Å². The van der Waals surface area contributed by atoms with Crippen LogP contribution in [0.3, 0.4) is 0 Å². The summed E-state index contributed by atoms with van der Waals surface area (Å²) in [6.45, 7) is 0. The van der Waals surface area contributed by atoms with Crippen molar-refractivity contribution >= 4 is 48.6 Å². The second kappa shape index (κ2) is 18.7. The molecule has 1 aliphatic heterocycles. The lowest BCUT2D eigenvalue weighted by molar-refractivity contribution is -0.277. The average Bonchev–Trinajstić information content (AvgIpc) is 3.82. The molecule has 0 amide bonds. The van der Waals surface area contributed by atoms with E-state index in [1.807, 2.05) is 11.3 Å². The quantitative estimate of drug-likeness (QED) is 0.155. The molecule has 0 bridgehead atoms. The first kappa shape index (κ1) is 44.0. The number of thiophene rings is 1. The number of hydrogen-bond acceptors (Lipinski definition) is 4. The molecular weight excluding hydrogens is 871 g/mol. The fourth-order valence-electron chi connectivity index (χ4n) is 17.0. The third-order valence-corrected chi connectivity index (χ3v) is 21.1. The Labute approximate surface area is 421 Å². The Morgan fingerprint density at radius 3 is 1.71 bits per heavy atom. The van der Waals surface area contributed by atoms with Crippen molar-refractivity contribution in [1.82, 2.24) is 0 Å². The molecule has 70 heavy (non-hydrogen) atoms. The SMILES string of the molecule is c1ccc(-c2cccc(N(c3ccc(-c4cccc5c4sc4ccccc45)cc3)c3ccc(C4CCC5OC6CCC7C8CCCCC8C8CCCCC8C8CCCCC8C7C6OC5C4)cc3)c2)cc1. The van der Waals surface area contributed by atoms with Crippen LogP contribution in [0.5, 0.6) is 0 Å². The Bertz CT molecular complexity index is 2920. The van der Waals surface area contributed by atoms with E-state index in [0.29, 0.717) is 24.0 Å². The van der Waals surface area contributed by atoms with Gasteiger partial charge in [0.05, 0.1) is 24.4 Å². The van der Waals surface area contributed by atoms with Crippen molar-refractivity contribution in [3.05, 3.63) is 151 Å². The number of fused-ring (bicyclic) bond motifs is 14. The minimum Gasteiger partial charge on any atom is -0.370 e. The number of ether oxygens (including phenoxy) is 2. The van der Waals surface area contributed by atoms with E-state index >= 15 is 0 Å². The van der Waals surface area contributed by atoms with Crippen LogP contribution < -0.4 is 4.90 Å². The predicted molar refractivity (Wildman–Crippen MR) is 291 cm³/mol. The van der Waals surface area contributed by atoms with E-state index in [-0.39, 0.29) is 12.2 Å². The molecule has 7 fully saturated rings. The van der Waals surface area contributed by atoms with Gasteiger partial charge in [-0.1, -0.05) is 142 Å². The van der Waals surface area contributed by atoms with Gasteiger partial charge in [-0.05, 0) is 194 Å². The summed E-state index contributed by atoms with van der Waals surface area (Å²) in [6.07, 6.45) is 24.8. The fourth-order valence-corrected chi connectivity index (χ4v) is 18.2. The highest BCUT2D eigenvalue weighted by Gasteiger charge is 2.58. The van der Waals surface area contributed by atoms with E-state index in [9.17, 15) is 0 Å². The van der Waals surface area contributed by atoms with Crippen molar-refractivity contribution < 1.29 is 9.47 Å². The lowest BCUT2D eigenvalue weighted by Crippen LogP contribution is -2.61. The van der Waals surface area contributed by atoms with Crippen molar-refractivity contribution in [3.63, 3.8) is 0 Å². The van der Waals surface area contributed by atoms with Crippen LogP contribution >= 0.6 is 11.3 Å². The molecule has 14 rings (SSSR count). The summed E-state index contributed by atoms with van der Waals surface area (Å²) < 4.78 is 17.8. The summed E-state index contributed by atoms with van der Waals surface area (Å²) in [5.74, 6) is 7.66. The van der Waals surface area contributed by atoms with E-state index in [1.54, 1.807) is 0 Å².